The molecule has 0 bridgehead atoms. The van der Waals surface area contributed by atoms with Crippen molar-refractivity contribution in [3.05, 3.63) is 35.4 Å². The molecule has 2 atom stereocenters. The molecule has 0 aliphatic heterocycles. The maximum atomic E-state index is 3.32. The number of benzene rings is 1. The van der Waals surface area contributed by atoms with Gasteiger partial charge in [0.05, 0.1) is 0 Å². The summed E-state index contributed by atoms with van der Waals surface area (Å²) in [5, 5.41) is 3.32. The van der Waals surface area contributed by atoms with Crippen LogP contribution < -0.4 is 5.32 Å². The second-order valence-corrected chi connectivity index (χ2v) is 5.23. The Hall–Kier alpha value is -0.860. The fraction of sp³-hybridized carbons (Fsp3) is 0.625. The van der Waals surface area contributed by atoms with E-state index in [1.165, 1.54) is 17.5 Å². The molecular formula is C16H28N2. The highest BCUT2D eigenvalue weighted by Gasteiger charge is 2.23. The Balaban J connectivity index is 2.95. The number of nitrogens with zero attached hydrogens (tertiary/aromatic N) is 1. The molecule has 0 fully saturated rings. The van der Waals surface area contributed by atoms with Crippen molar-refractivity contribution in [1.29, 1.82) is 0 Å². The standard InChI is InChI=1S/C16H28N2/c1-6-13-8-10-15(11-9-13)16(18(4)5)14(7-2)12-17-3/h8-11,14,16-17H,6-7,12H2,1-5H3. The van der Waals surface area contributed by atoms with Gasteiger partial charge in [-0.05, 0) is 51.2 Å². The SMILES string of the molecule is CCc1ccc(C(C(CC)CNC)N(C)C)cc1. The van der Waals surface area contributed by atoms with Crippen LogP contribution in [0.5, 0.6) is 0 Å². The molecule has 2 heteroatoms. The third-order valence-corrected chi connectivity index (χ3v) is 3.72. The highest BCUT2D eigenvalue weighted by molar-refractivity contribution is 5.25. The van der Waals surface area contributed by atoms with Gasteiger partial charge in [0.15, 0.2) is 0 Å². The first-order valence-electron chi connectivity index (χ1n) is 7.03. The lowest BCUT2D eigenvalue weighted by molar-refractivity contribution is 0.204. The van der Waals surface area contributed by atoms with E-state index >= 15 is 0 Å². The fourth-order valence-corrected chi connectivity index (χ4v) is 2.68. The first kappa shape index (κ1) is 15.2. The van der Waals surface area contributed by atoms with E-state index in [1.807, 2.05) is 7.05 Å². The summed E-state index contributed by atoms with van der Waals surface area (Å²) in [6.45, 7) is 5.54. The summed E-state index contributed by atoms with van der Waals surface area (Å²) in [5.74, 6) is 0.650. The molecule has 1 N–H and O–H groups in total. The van der Waals surface area contributed by atoms with E-state index in [9.17, 15) is 0 Å². The number of hydrogen-bond acceptors (Lipinski definition) is 2. The normalized spacial score (nSPS) is 14.8. The van der Waals surface area contributed by atoms with E-state index in [2.05, 4.69) is 62.4 Å². The molecule has 1 rings (SSSR count). The van der Waals surface area contributed by atoms with Gasteiger partial charge in [-0.1, -0.05) is 44.5 Å². The quantitative estimate of drug-likeness (QED) is 0.797. The minimum absolute atomic E-state index is 0.494. The van der Waals surface area contributed by atoms with E-state index < -0.39 is 0 Å². The predicted molar refractivity (Wildman–Crippen MR) is 80.0 cm³/mol. The molecule has 2 nitrogen and oxygen atoms in total. The molecule has 0 aromatic heterocycles. The maximum Gasteiger partial charge on any atom is 0.0382 e. The molecular weight excluding hydrogens is 220 g/mol. The van der Waals surface area contributed by atoms with Crippen LogP contribution in [0, 0.1) is 5.92 Å². The number of aryl methyl sites for hydroxylation is 1. The van der Waals surface area contributed by atoms with Crippen LogP contribution in [-0.4, -0.2) is 32.6 Å². The number of rotatable bonds is 7. The Morgan fingerprint density at radius 2 is 1.72 bits per heavy atom. The van der Waals surface area contributed by atoms with Crippen molar-refractivity contribution in [3.63, 3.8) is 0 Å². The highest BCUT2D eigenvalue weighted by Crippen LogP contribution is 2.29. The second kappa shape index (κ2) is 7.55. The predicted octanol–water partition coefficient (Wildman–Crippen LogP) is 3.10. The van der Waals surface area contributed by atoms with Gasteiger partial charge in [-0.15, -0.1) is 0 Å². The van der Waals surface area contributed by atoms with E-state index in [4.69, 9.17) is 0 Å². The Morgan fingerprint density at radius 1 is 1.11 bits per heavy atom. The lowest BCUT2D eigenvalue weighted by Gasteiger charge is -2.32. The molecule has 102 valence electrons. The minimum Gasteiger partial charge on any atom is -0.319 e. The van der Waals surface area contributed by atoms with Gasteiger partial charge < -0.3 is 10.2 Å². The van der Waals surface area contributed by atoms with Crippen molar-refractivity contribution in [1.82, 2.24) is 10.2 Å². The van der Waals surface area contributed by atoms with Crippen molar-refractivity contribution < 1.29 is 0 Å². The third-order valence-electron chi connectivity index (χ3n) is 3.72. The first-order valence-corrected chi connectivity index (χ1v) is 7.03. The van der Waals surface area contributed by atoms with E-state index in [1.54, 1.807) is 0 Å². The average Bonchev–Trinajstić information content (AvgIpc) is 2.38. The zero-order valence-electron chi connectivity index (χ0n) is 12.5. The topological polar surface area (TPSA) is 15.3 Å². The molecule has 0 aliphatic carbocycles. The van der Waals surface area contributed by atoms with Crippen molar-refractivity contribution in [2.75, 3.05) is 27.7 Å². The van der Waals surface area contributed by atoms with Crippen molar-refractivity contribution in [3.8, 4) is 0 Å². The van der Waals surface area contributed by atoms with Crippen LogP contribution >= 0.6 is 0 Å². The molecule has 0 saturated heterocycles. The van der Waals surface area contributed by atoms with Crippen LogP contribution in [-0.2, 0) is 6.42 Å². The fourth-order valence-electron chi connectivity index (χ4n) is 2.68. The Kier molecular flexibility index (Phi) is 6.37. The summed E-state index contributed by atoms with van der Waals surface area (Å²) in [6.07, 6.45) is 2.31. The van der Waals surface area contributed by atoms with Crippen molar-refractivity contribution >= 4 is 0 Å². The van der Waals surface area contributed by atoms with E-state index in [-0.39, 0.29) is 0 Å². The van der Waals surface area contributed by atoms with Gasteiger partial charge in [-0.2, -0.15) is 0 Å². The van der Waals surface area contributed by atoms with Gasteiger partial charge in [0.2, 0.25) is 0 Å². The number of hydrogen-bond donors (Lipinski definition) is 1. The molecule has 0 aliphatic rings. The first-order chi connectivity index (χ1) is 8.63. The summed E-state index contributed by atoms with van der Waals surface area (Å²) < 4.78 is 0. The second-order valence-electron chi connectivity index (χ2n) is 5.23. The summed E-state index contributed by atoms with van der Waals surface area (Å²) >= 11 is 0. The lowest BCUT2D eigenvalue weighted by Crippen LogP contribution is -2.32. The van der Waals surface area contributed by atoms with Crippen LogP contribution in [0.1, 0.15) is 37.4 Å². The van der Waals surface area contributed by atoms with E-state index in [0.29, 0.717) is 12.0 Å². The minimum atomic E-state index is 0.494. The van der Waals surface area contributed by atoms with Gasteiger partial charge in [-0.25, -0.2) is 0 Å². The zero-order chi connectivity index (χ0) is 13.5. The maximum absolute atomic E-state index is 3.32. The zero-order valence-corrected chi connectivity index (χ0v) is 12.5. The lowest BCUT2D eigenvalue weighted by atomic mass is 9.89. The molecule has 0 saturated carbocycles. The Labute approximate surface area is 112 Å². The highest BCUT2D eigenvalue weighted by atomic mass is 15.1. The monoisotopic (exact) mass is 248 g/mol. The molecule has 0 heterocycles. The third kappa shape index (κ3) is 3.82. The number of nitrogens with one attached hydrogen (secondary N) is 1. The van der Waals surface area contributed by atoms with Crippen molar-refractivity contribution in [2.24, 2.45) is 5.92 Å². The molecule has 18 heavy (non-hydrogen) atoms. The van der Waals surface area contributed by atoms with Gasteiger partial charge in [0.25, 0.3) is 0 Å². The molecule has 0 spiro atoms. The molecule has 2 unspecified atom stereocenters. The summed E-state index contributed by atoms with van der Waals surface area (Å²) in [5.41, 5.74) is 2.84. The Morgan fingerprint density at radius 3 is 2.11 bits per heavy atom. The average molecular weight is 248 g/mol. The van der Waals surface area contributed by atoms with Crippen LogP contribution in [0.25, 0.3) is 0 Å². The van der Waals surface area contributed by atoms with Crippen LogP contribution in [0.4, 0.5) is 0 Å². The molecule has 1 aromatic carbocycles. The summed E-state index contributed by atoms with van der Waals surface area (Å²) in [7, 11) is 6.39. The summed E-state index contributed by atoms with van der Waals surface area (Å²) in [4.78, 5) is 2.34. The van der Waals surface area contributed by atoms with Crippen LogP contribution in [0.2, 0.25) is 0 Å². The van der Waals surface area contributed by atoms with Gasteiger partial charge in [-0.3, -0.25) is 0 Å². The molecule has 0 amide bonds. The smallest absolute Gasteiger partial charge is 0.0382 e. The molecule has 0 radical (unpaired) electrons. The van der Waals surface area contributed by atoms with Crippen LogP contribution in [0.15, 0.2) is 24.3 Å². The van der Waals surface area contributed by atoms with Gasteiger partial charge in [0.1, 0.15) is 0 Å². The van der Waals surface area contributed by atoms with Gasteiger partial charge >= 0.3 is 0 Å². The van der Waals surface area contributed by atoms with Crippen molar-refractivity contribution in [2.45, 2.75) is 32.7 Å². The summed E-state index contributed by atoms with van der Waals surface area (Å²) in [6, 6.07) is 9.60. The molecule has 1 aromatic rings. The van der Waals surface area contributed by atoms with E-state index in [0.717, 1.165) is 13.0 Å². The van der Waals surface area contributed by atoms with Gasteiger partial charge in [0, 0.05) is 6.04 Å². The largest absolute Gasteiger partial charge is 0.319 e. The van der Waals surface area contributed by atoms with Crippen LogP contribution in [0.3, 0.4) is 0 Å². The Bertz CT molecular complexity index is 329.